The lowest BCUT2D eigenvalue weighted by atomic mass is 10.5. The van der Waals surface area contributed by atoms with E-state index in [0.29, 0.717) is 5.95 Å². The second-order valence-corrected chi connectivity index (χ2v) is 2.83. The van der Waals surface area contributed by atoms with E-state index in [1.807, 2.05) is 13.8 Å². The molecule has 1 aromatic heterocycles. The zero-order chi connectivity index (χ0) is 10.6. The third kappa shape index (κ3) is 2.70. The smallest absolute Gasteiger partial charge is 0.323 e. The van der Waals surface area contributed by atoms with Gasteiger partial charge in [-0.1, -0.05) is 0 Å². The summed E-state index contributed by atoms with van der Waals surface area (Å²) in [7, 11) is 1.70. The van der Waals surface area contributed by atoms with Gasteiger partial charge in [0.25, 0.3) is 0 Å². The number of nitrogens with two attached hydrogens (primary N) is 1. The molecule has 0 atom stereocenters. The third-order valence-corrected chi connectivity index (χ3v) is 1.31. The van der Waals surface area contributed by atoms with Gasteiger partial charge in [0.1, 0.15) is 0 Å². The highest BCUT2D eigenvalue weighted by atomic mass is 16.5. The van der Waals surface area contributed by atoms with Crippen LogP contribution in [0.4, 0.5) is 11.9 Å². The molecule has 0 bridgehead atoms. The van der Waals surface area contributed by atoms with Crippen molar-refractivity contribution < 1.29 is 4.74 Å². The number of hydrogen-bond acceptors (Lipinski definition) is 7. The number of anilines is 2. The third-order valence-electron chi connectivity index (χ3n) is 1.31. The standard InChI is InChI=1S/C7H14N6O/c1-4(2)14-7-11-5(9-3)10-6(12-7)13-8/h4H,8H2,1-3H3,(H2,9,10,11,12,13). The Balaban J connectivity index is 2.92. The van der Waals surface area contributed by atoms with Crippen molar-refractivity contribution in [3.8, 4) is 6.01 Å². The number of nitrogens with zero attached hydrogens (tertiary/aromatic N) is 3. The maximum absolute atomic E-state index is 5.30. The average Bonchev–Trinajstić information content (AvgIpc) is 2.16. The highest BCUT2D eigenvalue weighted by Gasteiger charge is 2.06. The van der Waals surface area contributed by atoms with Gasteiger partial charge in [0, 0.05) is 7.05 Å². The van der Waals surface area contributed by atoms with Crippen LogP contribution >= 0.6 is 0 Å². The molecule has 1 heterocycles. The molecule has 0 spiro atoms. The van der Waals surface area contributed by atoms with Crippen molar-refractivity contribution in [2.24, 2.45) is 5.84 Å². The van der Waals surface area contributed by atoms with Crippen molar-refractivity contribution in [2.45, 2.75) is 20.0 Å². The normalized spacial score (nSPS) is 10.1. The number of aromatic nitrogens is 3. The molecule has 0 amide bonds. The van der Waals surface area contributed by atoms with Crippen LogP contribution in [0.15, 0.2) is 0 Å². The fourth-order valence-corrected chi connectivity index (χ4v) is 0.796. The number of hydrogen-bond donors (Lipinski definition) is 3. The summed E-state index contributed by atoms with van der Waals surface area (Å²) in [5.74, 6) is 5.86. The molecule has 7 heteroatoms. The van der Waals surface area contributed by atoms with E-state index in [-0.39, 0.29) is 18.1 Å². The minimum absolute atomic E-state index is 0.00716. The fraction of sp³-hybridized carbons (Fsp3) is 0.571. The quantitative estimate of drug-likeness (QED) is 0.462. The van der Waals surface area contributed by atoms with E-state index in [9.17, 15) is 0 Å². The Bertz CT molecular complexity index is 280. The summed E-state index contributed by atoms with van der Waals surface area (Å²) in [5.41, 5.74) is 2.33. The number of nitrogens with one attached hydrogen (secondary N) is 2. The topological polar surface area (TPSA) is 98.0 Å². The van der Waals surface area contributed by atoms with Crippen LogP contribution in [0.5, 0.6) is 6.01 Å². The largest absolute Gasteiger partial charge is 0.461 e. The van der Waals surface area contributed by atoms with Crippen molar-refractivity contribution in [3.05, 3.63) is 0 Å². The zero-order valence-corrected chi connectivity index (χ0v) is 8.40. The van der Waals surface area contributed by atoms with Crippen LogP contribution in [0.2, 0.25) is 0 Å². The molecular formula is C7H14N6O. The summed E-state index contributed by atoms with van der Waals surface area (Å²) in [6.45, 7) is 3.77. The predicted molar refractivity (Wildman–Crippen MR) is 52.9 cm³/mol. The zero-order valence-electron chi connectivity index (χ0n) is 8.40. The molecule has 0 unspecified atom stereocenters. The van der Waals surface area contributed by atoms with E-state index >= 15 is 0 Å². The van der Waals surface area contributed by atoms with Crippen LogP contribution in [-0.2, 0) is 0 Å². The highest BCUT2D eigenvalue weighted by Crippen LogP contribution is 2.10. The predicted octanol–water partition coefficient (Wildman–Crippen LogP) is -0.0139. The number of hydrazine groups is 1. The van der Waals surface area contributed by atoms with Crippen LogP contribution in [-0.4, -0.2) is 28.1 Å². The fourth-order valence-electron chi connectivity index (χ4n) is 0.796. The van der Waals surface area contributed by atoms with Crippen LogP contribution < -0.4 is 21.3 Å². The molecule has 1 aromatic rings. The van der Waals surface area contributed by atoms with E-state index < -0.39 is 0 Å². The molecule has 0 radical (unpaired) electrons. The summed E-state index contributed by atoms with van der Waals surface area (Å²) >= 11 is 0. The molecule has 7 nitrogen and oxygen atoms in total. The summed E-state index contributed by atoms with van der Waals surface area (Å²) in [6, 6.07) is 0.243. The first-order valence-electron chi connectivity index (χ1n) is 4.22. The summed E-state index contributed by atoms with van der Waals surface area (Å²) < 4.78 is 5.30. The average molecular weight is 198 g/mol. The Morgan fingerprint density at radius 2 is 1.86 bits per heavy atom. The summed E-state index contributed by atoms with van der Waals surface area (Å²) in [6.07, 6.45) is 0.00716. The Labute approximate surface area is 82.1 Å². The minimum Gasteiger partial charge on any atom is -0.461 e. The molecular weight excluding hydrogens is 184 g/mol. The molecule has 78 valence electrons. The minimum atomic E-state index is 0.00716. The van der Waals surface area contributed by atoms with Crippen LogP contribution in [0.1, 0.15) is 13.8 Å². The van der Waals surface area contributed by atoms with Gasteiger partial charge in [0.05, 0.1) is 6.10 Å². The monoisotopic (exact) mass is 198 g/mol. The Kier molecular flexibility index (Phi) is 3.41. The maximum atomic E-state index is 5.30. The van der Waals surface area contributed by atoms with E-state index in [1.165, 1.54) is 0 Å². The first-order chi connectivity index (χ1) is 6.65. The van der Waals surface area contributed by atoms with Gasteiger partial charge in [-0.3, -0.25) is 5.43 Å². The van der Waals surface area contributed by atoms with Gasteiger partial charge in [0.2, 0.25) is 11.9 Å². The lowest BCUT2D eigenvalue weighted by Gasteiger charge is -2.09. The molecule has 0 saturated carbocycles. The van der Waals surface area contributed by atoms with E-state index in [1.54, 1.807) is 7.05 Å². The van der Waals surface area contributed by atoms with Crippen LogP contribution in [0, 0.1) is 0 Å². The van der Waals surface area contributed by atoms with Gasteiger partial charge in [-0.25, -0.2) is 5.84 Å². The molecule has 0 fully saturated rings. The summed E-state index contributed by atoms with van der Waals surface area (Å²) in [5, 5.41) is 2.78. The SMILES string of the molecule is CNc1nc(NN)nc(OC(C)C)n1. The lowest BCUT2D eigenvalue weighted by molar-refractivity contribution is 0.222. The molecule has 0 aromatic carbocycles. The number of rotatable bonds is 4. The second-order valence-electron chi connectivity index (χ2n) is 2.83. The van der Waals surface area contributed by atoms with Gasteiger partial charge in [-0.2, -0.15) is 15.0 Å². The van der Waals surface area contributed by atoms with Gasteiger partial charge < -0.3 is 10.1 Å². The molecule has 1 rings (SSSR count). The van der Waals surface area contributed by atoms with E-state index in [4.69, 9.17) is 10.6 Å². The molecule has 0 saturated heterocycles. The molecule has 14 heavy (non-hydrogen) atoms. The molecule has 0 aliphatic rings. The molecule has 0 aliphatic carbocycles. The van der Waals surface area contributed by atoms with Crippen molar-refractivity contribution in [1.29, 1.82) is 0 Å². The van der Waals surface area contributed by atoms with Gasteiger partial charge >= 0.3 is 6.01 Å². The summed E-state index contributed by atoms with van der Waals surface area (Å²) in [4.78, 5) is 11.8. The first kappa shape index (κ1) is 10.5. The van der Waals surface area contributed by atoms with Gasteiger partial charge in [-0.15, -0.1) is 0 Å². The Hall–Kier alpha value is -1.63. The van der Waals surface area contributed by atoms with Gasteiger partial charge in [-0.05, 0) is 13.8 Å². The number of nitrogen functional groups attached to an aromatic ring is 1. The van der Waals surface area contributed by atoms with Crippen molar-refractivity contribution in [2.75, 3.05) is 17.8 Å². The highest BCUT2D eigenvalue weighted by molar-refractivity contribution is 5.34. The molecule has 4 N–H and O–H groups in total. The Morgan fingerprint density at radius 1 is 1.21 bits per heavy atom. The second kappa shape index (κ2) is 4.56. The van der Waals surface area contributed by atoms with E-state index in [2.05, 4.69) is 25.7 Å². The Morgan fingerprint density at radius 3 is 2.36 bits per heavy atom. The van der Waals surface area contributed by atoms with Crippen LogP contribution in [0.25, 0.3) is 0 Å². The number of ether oxygens (including phenoxy) is 1. The first-order valence-corrected chi connectivity index (χ1v) is 4.22. The molecule has 0 aliphatic heterocycles. The van der Waals surface area contributed by atoms with Gasteiger partial charge in [0.15, 0.2) is 0 Å². The lowest BCUT2D eigenvalue weighted by Crippen LogP contribution is -2.15. The van der Waals surface area contributed by atoms with E-state index in [0.717, 1.165) is 0 Å². The van der Waals surface area contributed by atoms with Crippen molar-refractivity contribution >= 4 is 11.9 Å². The van der Waals surface area contributed by atoms with Crippen molar-refractivity contribution in [1.82, 2.24) is 15.0 Å². The maximum Gasteiger partial charge on any atom is 0.323 e. The van der Waals surface area contributed by atoms with Crippen molar-refractivity contribution in [3.63, 3.8) is 0 Å². The van der Waals surface area contributed by atoms with Crippen LogP contribution in [0.3, 0.4) is 0 Å².